The largest absolute Gasteiger partial charge is 0.485 e. The van der Waals surface area contributed by atoms with Gasteiger partial charge in [-0.15, -0.1) is 5.10 Å². The van der Waals surface area contributed by atoms with E-state index < -0.39 is 0 Å². The topological polar surface area (TPSA) is 39.4 Å². The third-order valence-electron chi connectivity index (χ3n) is 2.45. The van der Waals surface area contributed by atoms with E-state index >= 15 is 0 Å². The highest BCUT2D eigenvalue weighted by molar-refractivity contribution is 5.36. The van der Waals surface area contributed by atoms with Crippen LogP contribution >= 0.6 is 0 Å². The van der Waals surface area contributed by atoms with Crippen molar-refractivity contribution in [1.29, 1.82) is 0 Å². The molecular formula is C13H10FN3O. The lowest BCUT2D eigenvalue weighted by Gasteiger charge is -2.02. The minimum atomic E-state index is -0.324. The summed E-state index contributed by atoms with van der Waals surface area (Å²) in [6.45, 7) is 0.213. The highest BCUT2D eigenvalue weighted by Gasteiger charge is 2.04. The number of hydrogen-bond donors (Lipinski definition) is 0. The van der Waals surface area contributed by atoms with Crippen LogP contribution in [0.15, 0.2) is 48.7 Å². The molecule has 0 N–H and O–H groups in total. The van der Waals surface area contributed by atoms with Gasteiger partial charge in [0.15, 0.2) is 11.5 Å². The monoisotopic (exact) mass is 243 g/mol. The van der Waals surface area contributed by atoms with Gasteiger partial charge in [-0.25, -0.2) is 13.9 Å². The van der Waals surface area contributed by atoms with Crippen LogP contribution in [0, 0.1) is 5.82 Å². The summed E-state index contributed by atoms with van der Waals surface area (Å²) in [6.07, 6.45) is 1.81. The van der Waals surface area contributed by atoms with Gasteiger partial charge in [0.25, 0.3) is 0 Å². The Hall–Kier alpha value is -2.43. The maximum absolute atomic E-state index is 12.9. The number of rotatable bonds is 3. The first-order valence-corrected chi connectivity index (χ1v) is 5.50. The van der Waals surface area contributed by atoms with Gasteiger partial charge in [-0.1, -0.05) is 12.1 Å². The van der Waals surface area contributed by atoms with E-state index in [9.17, 15) is 4.39 Å². The predicted octanol–water partition coefficient (Wildman–Crippen LogP) is 2.45. The SMILES string of the molecule is Fc1cccc(OCc2nc3ccccn3n2)c1. The Balaban J connectivity index is 1.76. The van der Waals surface area contributed by atoms with Crippen LogP contribution in [0.2, 0.25) is 0 Å². The molecule has 3 aromatic rings. The molecule has 0 aliphatic rings. The summed E-state index contributed by atoms with van der Waals surface area (Å²) >= 11 is 0. The van der Waals surface area contributed by atoms with Crippen LogP contribution < -0.4 is 4.74 Å². The van der Waals surface area contributed by atoms with E-state index in [1.54, 1.807) is 16.6 Å². The summed E-state index contributed by atoms with van der Waals surface area (Å²) in [4.78, 5) is 4.28. The van der Waals surface area contributed by atoms with Crippen LogP contribution in [0.3, 0.4) is 0 Å². The lowest BCUT2D eigenvalue weighted by Crippen LogP contribution is -1.98. The molecule has 0 bridgehead atoms. The van der Waals surface area contributed by atoms with Gasteiger partial charge in [0.2, 0.25) is 0 Å². The summed E-state index contributed by atoms with van der Waals surface area (Å²) in [5.41, 5.74) is 0.760. The Kier molecular flexibility index (Phi) is 2.64. The third kappa shape index (κ3) is 2.15. The Bertz CT molecular complexity index is 648. The van der Waals surface area contributed by atoms with Crippen LogP contribution in [0.5, 0.6) is 5.75 Å². The number of aromatic nitrogens is 3. The van der Waals surface area contributed by atoms with Crippen LogP contribution in [-0.4, -0.2) is 14.6 Å². The Morgan fingerprint density at radius 1 is 1.17 bits per heavy atom. The first-order chi connectivity index (χ1) is 8.81. The van der Waals surface area contributed by atoms with E-state index in [1.807, 2.05) is 24.4 Å². The maximum atomic E-state index is 12.9. The average molecular weight is 243 g/mol. The van der Waals surface area contributed by atoms with Gasteiger partial charge >= 0.3 is 0 Å². The molecule has 0 fully saturated rings. The van der Waals surface area contributed by atoms with Crippen molar-refractivity contribution in [1.82, 2.24) is 14.6 Å². The highest BCUT2D eigenvalue weighted by atomic mass is 19.1. The van der Waals surface area contributed by atoms with Crippen LogP contribution in [0.1, 0.15) is 5.82 Å². The fraction of sp³-hybridized carbons (Fsp3) is 0.0769. The van der Waals surface area contributed by atoms with E-state index in [-0.39, 0.29) is 12.4 Å². The van der Waals surface area contributed by atoms with Gasteiger partial charge < -0.3 is 4.74 Å². The Labute approximate surface area is 103 Å². The van der Waals surface area contributed by atoms with Crippen molar-refractivity contribution in [2.75, 3.05) is 0 Å². The summed E-state index contributed by atoms with van der Waals surface area (Å²) < 4.78 is 20.0. The Morgan fingerprint density at radius 2 is 2.11 bits per heavy atom. The molecule has 5 heteroatoms. The lowest BCUT2D eigenvalue weighted by molar-refractivity contribution is 0.294. The highest BCUT2D eigenvalue weighted by Crippen LogP contribution is 2.13. The quantitative estimate of drug-likeness (QED) is 0.709. The van der Waals surface area contributed by atoms with Crippen molar-refractivity contribution in [3.63, 3.8) is 0 Å². The molecule has 0 radical (unpaired) electrons. The number of benzene rings is 1. The number of fused-ring (bicyclic) bond motifs is 1. The van der Waals surface area contributed by atoms with Crippen molar-refractivity contribution in [2.24, 2.45) is 0 Å². The van der Waals surface area contributed by atoms with E-state index in [4.69, 9.17) is 4.74 Å². The van der Waals surface area contributed by atoms with Crippen molar-refractivity contribution in [2.45, 2.75) is 6.61 Å². The number of nitrogens with zero attached hydrogens (tertiary/aromatic N) is 3. The van der Waals surface area contributed by atoms with Crippen molar-refractivity contribution in [3.05, 3.63) is 60.3 Å². The molecule has 3 rings (SSSR count). The van der Waals surface area contributed by atoms with Gasteiger partial charge in [0, 0.05) is 12.3 Å². The van der Waals surface area contributed by atoms with Gasteiger partial charge in [-0.2, -0.15) is 0 Å². The van der Waals surface area contributed by atoms with E-state index in [2.05, 4.69) is 10.1 Å². The molecule has 0 aliphatic carbocycles. The van der Waals surface area contributed by atoms with Gasteiger partial charge in [-0.3, -0.25) is 0 Å². The number of halogens is 1. The smallest absolute Gasteiger partial charge is 0.189 e. The summed E-state index contributed by atoms with van der Waals surface area (Å²) in [6, 6.07) is 11.6. The minimum absolute atomic E-state index is 0.213. The van der Waals surface area contributed by atoms with E-state index in [0.717, 1.165) is 5.65 Å². The predicted molar refractivity (Wildman–Crippen MR) is 63.7 cm³/mol. The molecule has 0 saturated heterocycles. The zero-order chi connectivity index (χ0) is 12.4. The second-order valence-electron chi connectivity index (χ2n) is 3.78. The molecule has 4 nitrogen and oxygen atoms in total. The summed E-state index contributed by atoms with van der Waals surface area (Å²) in [7, 11) is 0. The molecular weight excluding hydrogens is 233 g/mol. The zero-order valence-electron chi connectivity index (χ0n) is 9.45. The van der Waals surface area contributed by atoms with E-state index in [0.29, 0.717) is 11.6 Å². The maximum Gasteiger partial charge on any atom is 0.189 e. The van der Waals surface area contributed by atoms with Crippen molar-refractivity contribution < 1.29 is 9.13 Å². The fourth-order valence-corrected chi connectivity index (χ4v) is 1.64. The minimum Gasteiger partial charge on any atom is -0.485 e. The molecule has 0 aliphatic heterocycles. The van der Waals surface area contributed by atoms with Gasteiger partial charge in [-0.05, 0) is 24.3 Å². The van der Waals surface area contributed by atoms with Crippen molar-refractivity contribution >= 4 is 5.65 Å². The lowest BCUT2D eigenvalue weighted by atomic mass is 10.3. The molecule has 2 aromatic heterocycles. The third-order valence-corrected chi connectivity index (χ3v) is 2.45. The zero-order valence-corrected chi connectivity index (χ0v) is 9.45. The first kappa shape index (κ1) is 10.7. The van der Waals surface area contributed by atoms with E-state index in [1.165, 1.54) is 12.1 Å². The molecule has 90 valence electrons. The number of pyridine rings is 1. The standard InChI is InChI=1S/C13H10FN3O/c14-10-4-3-5-11(8-10)18-9-12-15-13-6-1-2-7-17(13)16-12/h1-8H,9H2. The molecule has 0 unspecified atom stereocenters. The molecule has 0 spiro atoms. The van der Waals surface area contributed by atoms with Crippen LogP contribution in [0.4, 0.5) is 4.39 Å². The van der Waals surface area contributed by atoms with Gasteiger partial charge in [0.1, 0.15) is 18.2 Å². The molecule has 0 amide bonds. The number of hydrogen-bond acceptors (Lipinski definition) is 3. The fourth-order valence-electron chi connectivity index (χ4n) is 1.64. The summed E-state index contributed by atoms with van der Waals surface area (Å²) in [5, 5.41) is 4.24. The van der Waals surface area contributed by atoms with Crippen LogP contribution in [0.25, 0.3) is 5.65 Å². The molecule has 0 atom stereocenters. The van der Waals surface area contributed by atoms with Gasteiger partial charge in [0.05, 0.1) is 0 Å². The number of ether oxygens (including phenoxy) is 1. The summed E-state index contributed by atoms with van der Waals surface area (Å²) in [5.74, 6) is 0.703. The van der Waals surface area contributed by atoms with Crippen molar-refractivity contribution in [3.8, 4) is 5.75 Å². The molecule has 2 heterocycles. The molecule has 0 saturated carbocycles. The normalized spacial score (nSPS) is 10.7. The van der Waals surface area contributed by atoms with Crippen LogP contribution in [-0.2, 0) is 6.61 Å². The first-order valence-electron chi connectivity index (χ1n) is 5.50. The average Bonchev–Trinajstić information content (AvgIpc) is 2.79. The molecule has 18 heavy (non-hydrogen) atoms. The molecule has 1 aromatic carbocycles. The second-order valence-corrected chi connectivity index (χ2v) is 3.78. The second kappa shape index (κ2) is 4.44. The Morgan fingerprint density at radius 3 is 2.94 bits per heavy atom.